The smallest absolute Gasteiger partial charge is 0.186 e. The van der Waals surface area contributed by atoms with Crippen molar-refractivity contribution >= 4 is 0 Å². The lowest BCUT2D eigenvalue weighted by Gasteiger charge is -2.45. The van der Waals surface area contributed by atoms with Gasteiger partial charge in [0.05, 0.1) is 6.61 Å². The molecule has 0 radical (unpaired) electrons. The quantitative estimate of drug-likeness (QED) is 0.651. The number of fused-ring (bicyclic) bond motifs is 1. The molecule has 0 aromatic rings. The van der Waals surface area contributed by atoms with Crippen LogP contribution in [-0.4, -0.2) is 63.4 Å². The van der Waals surface area contributed by atoms with Gasteiger partial charge in [-0.3, -0.25) is 0 Å². The summed E-state index contributed by atoms with van der Waals surface area (Å²) in [6.07, 6.45) is -2.54. The van der Waals surface area contributed by atoms with E-state index in [9.17, 15) is 5.11 Å². The first-order valence-electron chi connectivity index (χ1n) is 4.86. The van der Waals surface area contributed by atoms with Crippen LogP contribution in [0.3, 0.4) is 0 Å². The van der Waals surface area contributed by atoms with Gasteiger partial charge in [-0.1, -0.05) is 0 Å². The summed E-state index contributed by atoms with van der Waals surface area (Å²) in [5, 5.41) is 9.87. The third-order valence-corrected chi connectivity index (χ3v) is 2.75. The Balaban J connectivity index is 2.10. The predicted molar refractivity (Wildman–Crippen MR) is 48.2 cm³/mol. The zero-order valence-electron chi connectivity index (χ0n) is 8.79. The molecule has 2 aliphatic heterocycles. The van der Waals surface area contributed by atoms with Crippen LogP contribution in [0.5, 0.6) is 0 Å². The van der Waals surface area contributed by atoms with Gasteiger partial charge >= 0.3 is 0 Å². The predicted octanol–water partition coefficient (Wildman–Crippen LogP) is -0.893. The molecule has 88 valence electrons. The molecular weight excluding hydrogens is 204 g/mol. The van der Waals surface area contributed by atoms with Crippen molar-refractivity contribution in [2.75, 3.05) is 27.6 Å². The summed E-state index contributed by atoms with van der Waals surface area (Å²) < 4.78 is 26.2. The minimum atomic E-state index is -0.848. The van der Waals surface area contributed by atoms with Crippen molar-refractivity contribution in [2.45, 2.75) is 30.7 Å². The van der Waals surface area contributed by atoms with Crippen LogP contribution in [0.1, 0.15) is 0 Å². The van der Waals surface area contributed by atoms with E-state index >= 15 is 0 Å². The first kappa shape index (κ1) is 11.3. The van der Waals surface area contributed by atoms with Crippen LogP contribution in [0.25, 0.3) is 0 Å². The average molecular weight is 220 g/mol. The number of rotatable bonds is 2. The van der Waals surface area contributed by atoms with E-state index in [-0.39, 0.29) is 19.0 Å². The van der Waals surface area contributed by atoms with Crippen molar-refractivity contribution in [3.05, 3.63) is 0 Å². The number of ether oxygens (including phenoxy) is 5. The number of aliphatic hydroxyl groups excluding tert-OH is 1. The van der Waals surface area contributed by atoms with Crippen molar-refractivity contribution in [3.63, 3.8) is 0 Å². The van der Waals surface area contributed by atoms with Crippen LogP contribution in [0.4, 0.5) is 0 Å². The van der Waals surface area contributed by atoms with Gasteiger partial charge in [-0.05, 0) is 0 Å². The molecule has 6 nitrogen and oxygen atoms in total. The van der Waals surface area contributed by atoms with Crippen LogP contribution in [-0.2, 0) is 23.7 Å². The molecule has 0 saturated carbocycles. The van der Waals surface area contributed by atoms with E-state index in [0.717, 1.165) is 0 Å². The van der Waals surface area contributed by atoms with Crippen LogP contribution >= 0.6 is 0 Å². The van der Waals surface area contributed by atoms with E-state index < -0.39 is 18.5 Å². The maximum absolute atomic E-state index is 9.87. The lowest BCUT2D eigenvalue weighted by Crippen LogP contribution is -2.62. The molecule has 0 amide bonds. The van der Waals surface area contributed by atoms with Gasteiger partial charge in [0, 0.05) is 14.2 Å². The Bertz CT molecular complexity index is 211. The number of hydrogen-bond donors (Lipinski definition) is 1. The Labute approximate surface area is 88.0 Å². The Morgan fingerprint density at radius 3 is 2.73 bits per heavy atom. The standard InChI is InChI=1S/C9H16O6/c1-11-8-6(10)9(12-2)15-5-3-13-4-14-7(5)8/h5-10H,3-4H2,1-2H3/t5-,6+,7+,8+,9-/m1/s1. The van der Waals surface area contributed by atoms with Gasteiger partial charge in [-0.15, -0.1) is 0 Å². The molecule has 0 aliphatic carbocycles. The van der Waals surface area contributed by atoms with E-state index in [1.54, 1.807) is 0 Å². The molecule has 2 rings (SSSR count). The summed E-state index contributed by atoms with van der Waals surface area (Å²) in [6, 6.07) is 0. The summed E-state index contributed by atoms with van der Waals surface area (Å²) >= 11 is 0. The average Bonchev–Trinajstić information content (AvgIpc) is 2.28. The van der Waals surface area contributed by atoms with Crippen molar-refractivity contribution in [1.82, 2.24) is 0 Å². The maximum atomic E-state index is 9.87. The fraction of sp³-hybridized carbons (Fsp3) is 1.00. The zero-order chi connectivity index (χ0) is 10.8. The van der Waals surface area contributed by atoms with E-state index in [1.807, 2.05) is 0 Å². The van der Waals surface area contributed by atoms with Gasteiger partial charge in [0.15, 0.2) is 6.29 Å². The second-order valence-corrected chi connectivity index (χ2v) is 3.59. The molecule has 5 atom stereocenters. The maximum Gasteiger partial charge on any atom is 0.186 e. The highest BCUT2D eigenvalue weighted by Gasteiger charge is 2.47. The van der Waals surface area contributed by atoms with Crippen LogP contribution < -0.4 is 0 Å². The summed E-state index contributed by atoms with van der Waals surface area (Å²) in [7, 11) is 3.01. The molecule has 0 aromatic heterocycles. The molecular formula is C9H16O6. The van der Waals surface area contributed by atoms with E-state index in [0.29, 0.717) is 6.61 Å². The molecule has 6 heteroatoms. The number of aliphatic hydroxyl groups is 1. The molecule has 2 heterocycles. The molecule has 1 N–H and O–H groups in total. The van der Waals surface area contributed by atoms with E-state index in [4.69, 9.17) is 23.7 Å². The second kappa shape index (κ2) is 4.73. The lowest BCUT2D eigenvalue weighted by atomic mass is 9.98. The largest absolute Gasteiger partial charge is 0.385 e. The molecule has 2 fully saturated rings. The lowest BCUT2D eigenvalue weighted by molar-refractivity contribution is -0.337. The molecule has 0 bridgehead atoms. The molecule has 15 heavy (non-hydrogen) atoms. The fourth-order valence-electron chi connectivity index (χ4n) is 1.99. The van der Waals surface area contributed by atoms with Crippen LogP contribution in [0.15, 0.2) is 0 Å². The minimum absolute atomic E-state index is 0.203. The highest BCUT2D eigenvalue weighted by molar-refractivity contribution is 4.92. The zero-order valence-corrected chi connectivity index (χ0v) is 8.79. The SMILES string of the molecule is CO[C@@H]1O[C@@H]2COCO[C@@H]2[C@@H](OC)[C@@H]1O. The Hall–Kier alpha value is -0.240. The first-order chi connectivity index (χ1) is 7.27. The third kappa shape index (κ3) is 2.01. The molecule has 0 unspecified atom stereocenters. The van der Waals surface area contributed by atoms with Gasteiger partial charge < -0.3 is 28.8 Å². The Kier molecular flexibility index (Phi) is 3.55. The Morgan fingerprint density at radius 1 is 1.27 bits per heavy atom. The molecule has 0 aromatic carbocycles. The summed E-state index contributed by atoms with van der Waals surface area (Å²) in [4.78, 5) is 0. The van der Waals surface area contributed by atoms with Gasteiger partial charge in [-0.2, -0.15) is 0 Å². The third-order valence-electron chi connectivity index (χ3n) is 2.75. The van der Waals surface area contributed by atoms with Gasteiger partial charge in [-0.25, -0.2) is 0 Å². The van der Waals surface area contributed by atoms with Crippen molar-refractivity contribution in [3.8, 4) is 0 Å². The van der Waals surface area contributed by atoms with Crippen LogP contribution in [0, 0.1) is 0 Å². The van der Waals surface area contributed by atoms with Gasteiger partial charge in [0.25, 0.3) is 0 Å². The summed E-state index contributed by atoms with van der Waals surface area (Å²) in [5.74, 6) is 0. The normalized spacial score (nSPS) is 46.2. The topological polar surface area (TPSA) is 66.4 Å². The van der Waals surface area contributed by atoms with Crippen molar-refractivity contribution < 1.29 is 28.8 Å². The van der Waals surface area contributed by atoms with Crippen LogP contribution in [0.2, 0.25) is 0 Å². The highest BCUT2D eigenvalue weighted by atomic mass is 16.7. The number of hydrogen-bond acceptors (Lipinski definition) is 6. The monoisotopic (exact) mass is 220 g/mol. The minimum Gasteiger partial charge on any atom is -0.385 e. The van der Waals surface area contributed by atoms with Gasteiger partial charge in [0.2, 0.25) is 0 Å². The highest BCUT2D eigenvalue weighted by Crippen LogP contribution is 2.28. The Morgan fingerprint density at radius 2 is 2.07 bits per heavy atom. The molecule has 2 aliphatic rings. The fourth-order valence-corrected chi connectivity index (χ4v) is 1.99. The van der Waals surface area contributed by atoms with Gasteiger partial charge in [0.1, 0.15) is 31.2 Å². The first-order valence-corrected chi connectivity index (χ1v) is 4.86. The second-order valence-electron chi connectivity index (χ2n) is 3.59. The van der Waals surface area contributed by atoms with Crippen molar-refractivity contribution in [1.29, 1.82) is 0 Å². The molecule has 0 spiro atoms. The van der Waals surface area contributed by atoms with E-state index in [2.05, 4.69) is 0 Å². The summed E-state index contributed by atoms with van der Waals surface area (Å²) in [6.45, 7) is 0.631. The number of methoxy groups -OCH3 is 2. The van der Waals surface area contributed by atoms with Crippen molar-refractivity contribution in [2.24, 2.45) is 0 Å². The molecule has 2 saturated heterocycles. The summed E-state index contributed by atoms with van der Waals surface area (Å²) in [5.41, 5.74) is 0. The van der Waals surface area contributed by atoms with E-state index in [1.165, 1.54) is 14.2 Å².